The van der Waals surface area contributed by atoms with Crippen LogP contribution >= 0.6 is 11.6 Å². The van der Waals surface area contributed by atoms with Crippen LogP contribution in [0.15, 0.2) is 48.3 Å². The molecule has 1 aliphatic carbocycles. The molecule has 10 nitrogen and oxygen atoms in total. The van der Waals surface area contributed by atoms with Crippen molar-refractivity contribution in [1.29, 1.82) is 0 Å². The first-order valence-corrected chi connectivity index (χ1v) is 18.8. The van der Waals surface area contributed by atoms with Crippen LogP contribution in [0, 0.1) is 11.8 Å². The molecule has 1 spiro atoms. The van der Waals surface area contributed by atoms with E-state index >= 15 is 4.39 Å². The number of amides is 2. The third-order valence-corrected chi connectivity index (χ3v) is 13.1. The minimum Gasteiger partial charge on any atom is -0.490 e. The van der Waals surface area contributed by atoms with Gasteiger partial charge in [-0.05, 0) is 92.5 Å². The summed E-state index contributed by atoms with van der Waals surface area (Å²) < 4.78 is 58.1. The van der Waals surface area contributed by atoms with E-state index in [2.05, 4.69) is 9.62 Å². The van der Waals surface area contributed by atoms with Crippen molar-refractivity contribution in [2.75, 3.05) is 45.3 Å². The van der Waals surface area contributed by atoms with Gasteiger partial charge in [0.15, 0.2) is 5.60 Å². The van der Waals surface area contributed by atoms with Gasteiger partial charge in [-0.15, -0.1) is 0 Å². The number of nitrogens with one attached hydrogen (secondary N) is 1. The molecule has 2 N–H and O–H groups in total. The molecular formula is C36H45ClFN3O7S. The van der Waals surface area contributed by atoms with Gasteiger partial charge in [0.2, 0.25) is 15.9 Å². The van der Waals surface area contributed by atoms with E-state index in [0.717, 1.165) is 36.5 Å². The molecule has 6 atom stereocenters. The molecule has 0 radical (unpaired) electrons. The van der Waals surface area contributed by atoms with Gasteiger partial charge < -0.3 is 24.4 Å². The minimum absolute atomic E-state index is 0.0633. The van der Waals surface area contributed by atoms with Crippen molar-refractivity contribution >= 4 is 39.1 Å². The average Bonchev–Trinajstić information content (AvgIpc) is 3.47. The van der Waals surface area contributed by atoms with Crippen LogP contribution < -0.4 is 14.4 Å². The van der Waals surface area contributed by atoms with Crippen molar-refractivity contribution in [3.05, 3.63) is 70.0 Å². The summed E-state index contributed by atoms with van der Waals surface area (Å²) in [5, 5.41) is 11.8. The van der Waals surface area contributed by atoms with Crippen molar-refractivity contribution < 1.29 is 37.0 Å². The van der Waals surface area contributed by atoms with Crippen molar-refractivity contribution in [2.24, 2.45) is 11.8 Å². The van der Waals surface area contributed by atoms with Gasteiger partial charge in [-0.3, -0.25) is 9.59 Å². The molecular weight excluding hydrogens is 673 g/mol. The van der Waals surface area contributed by atoms with Crippen LogP contribution in [-0.4, -0.2) is 87.6 Å². The Morgan fingerprint density at radius 3 is 2.73 bits per heavy atom. The summed E-state index contributed by atoms with van der Waals surface area (Å²) in [5.41, 5.74) is 0.221. The predicted molar refractivity (Wildman–Crippen MR) is 185 cm³/mol. The molecule has 49 heavy (non-hydrogen) atoms. The summed E-state index contributed by atoms with van der Waals surface area (Å²) in [4.78, 5) is 30.0. The van der Waals surface area contributed by atoms with E-state index in [-0.39, 0.29) is 25.1 Å². The third kappa shape index (κ3) is 6.81. The first kappa shape index (κ1) is 35.6. The number of hydrogen-bond donors (Lipinski definition) is 2. The number of anilines is 1. The molecule has 4 aliphatic rings. The molecule has 2 bridgehead atoms. The van der Waals surface area contributed by atoms with Crippen LogP contribution in [0.2, 0.25) is 5.02 Å². The number of aliphatic hydroxyl groups is 1. The van der Waals surface area contributed by atoms with Crippen molar-refractivity contribution in [1.82, 2.24) is 9.62 Å². The van der Waals surface area contributed by atoms with Crippen molar-refractivity contribution in [2.45, 2.75) is 74.7 Å². The Bertz CT molecular complexity index is 1770. The quantitative estimate of drug-likeness (QED) is 0.456. The molecule has 3 aliphatic heterocycles. The van der Waals surface area contributed by atoms with E-state index in [0.29, 0.717) is 36.0 Å². The molecule has 2 aromatic carbocycles. The van der Waals surface area contributed by atoms with Crippen LogP contribution in [-0.2, 0) is 31.4 Å². The number of benzene rings is 2. The van der Waals surface area contributed by atoms with Gasteiger partial charge in [0.1, 0.15) is 11.6 Å². The van der Waals surface area contributed by atoms with E-state index in [9.17, 15) is 23.1 Å². The zero-order valence-electron chi connectivity index (χ0n) is 28.4. The van der Waals surface area contributed by atoms with Gasteiger partial charge >= 0.3 is 0 Å². The number of sulfonamides is 1. The van der Waals surface area contributed by atoms with Crippen LogP contribution in [0.25, 0.3) is 0 Å². The number of rotatable bonds is 2. The van der Waals surface area contributed by atoms with E-state index in [4.69, 9.17) is 21.1 Å². The summed E-state index contributed by atoms with van der Waals surface area (Å²) >= 11 is 6.41. The lowest BCUT2D eigenvalue weighted by Gasteiger charge is -2.42. The second-order valence-corrected chi connectivity index (χ2v) is 16.9. The lowest BCUT2D eigenvalue weighted by molar-refractivity contribution is -0.141. The van der Waals surface area contributed by atoms with E-state index in [1.54, 1.807) is 39.2 Å². The SMILES string of the molecule is C[C@@H]1[C@@H](C)C/C=C(\F)C(O)(CC(=O)N(C)C)[C@@H]2OCC[C@H]2CN2C[C@@]3(CCCc4cc(Cl)ccc43)COc3ccc(cc32)C(=O)NS1(=O)=O. The van der Waals surface area contributed by atoms with Gasteiger partial charge in [-0.1, -0.05) is 24.6 Å². The maximum atomic E-state index is 16.4. The van der Waals surface area contributed by atoms with Crippen LogP contribution in [0.5, 0.6) is 5.75 Å². The minimum atomic E-state index is -4.18. The fraction of sp³-hybridized carbons (Fsp3) is 0.556. The number of fused-ring (bicyclic) bond motifs is 4. The first-order valence-electron chi connectivity index (χ1n) is 16.9. The third-order valence-electron chi connectivity index (χ3n) is 11.0. The van der Waals surface area contributed by atoms with Gasteiger partial charge in [0.05, 0.1) is 30.1 Å². The molecule has 3 heterocycles. The number of carbonyl (C=O) groups is 2. The van der Waals surface area contributed by atoms with Crippen molar-refractivity contribution in [3.8, 4) is 5.75 Å². The molecule has 0 aromatic heterocycles. The van der Waals surface area contributed by atoms with Gasteiger partial charge in [-0.2, -0.15) is 0 Å². The lowest BCUT2D eigenvalue weighted by Crippen LogP contribution is -2.53. The molecule has 6 rings (SSSR count). The standard InChI is InChI=1S/C36H45ClFN3O7S/c1-22-7-12-31(38)36(44,18-32(42)40(3)4)33-26(13-15-47-33)19-41-20-35(14-5-6-24-16-27(37)9-10-28(24)35)21-48-30-11-8-25(17-29(30)41)34(43)39-49(45,46)23(22)2/h8-12,16-17,22-23,26,33,44H,5-7,13-15,18-21H2,1-4H3,(H,39,43)/b31-12-/t22-,23+,26-,33+,35-,36?/m0/s1. The van der Waals surface area contributed by atoms with Crippen molar-refractivity contribution in [3.63, 3.8) is 0 Å². The number of allylic oxidation sites excluding steroid dienone is 1. The molecule has 1 fully saturated rings. The zero-order chi connectivity index (χ0) is 35.3. The Kier molecular flexibility index (Phi) is 9.82. The number of nitrogens with zero attached hydrogens (tertiary/aromatic N) is 2. The maximum Gasteiger partial charge on any atom is 0.264 e. The highest BCUT2D eigenvalue weighted by Crippen LogP contribution is 2.46. The number of carbonyl (C=O) groups excluding carboxylic acids is 2. The van der Waals surface area contributed by atoms with Gasteiger partial charge in [0.25, 0.3) is 5.91 Å². The number of hydrogen-bond acceptors (Lipinski definition) is 8. The monoisotopic (exact) mass is 717 g/mol. The second-order valence-electron chi connectivity index (χ2n) is 14.5. The van der Waals surface area contributed by atoms with E-state index in [1.165, 1.54) is 11.8 Å². The summed E-state index contributed by atoms with van der Waals surface area (Å²) in [5.74, 6) is -2.73. The van der Waals surface area contributed by atoms with E-state index in [1.807, 2.05) is 18.2 Å². The van der Waals surface area contributed by atoms with Gasteiger partial charge in [0, 0.05) is 55.7 Å². The highest BCUT2D eigenvalue weighted by molar-refractivity contribution is 7.90. The Balaban J connectivity index is 1.50. The summed E-state index contributed by atoms with van der Waals surface area (Å²) in [6, 6.07) is 10.8. The molecule has 1 unspecified atom stereocenters. The number of ether oxygens (including phenoxy) is 2. The summed E-state index contributed by atoms with van der Waals surface area (Å²) in [7, 11) is -1.10. The normalized spacial score (nSPS) is 32.5. The maximum absolute atomic E-state index is 16.4. The molecule has 0 saturated carbocycles. The van der Waals surface area contributed by atoms with Crippen LogP contribution in [0.1, 0.15) is 67.4 Å². The summed E-state index contributed by atoms with van der Waals surface area (Å²) in [6.45, 7) is 4.43. The smallest absolute Gasteiger partial charge is 0.264 e. The predicted octanol–water partition coefficient (Wildman–Crippen LogP) is 4.77. The Hall–Kier alpha value is -3.19. The Labute approximate surface area is 292 Å². The first-order chi connectivity index (χ1) is 23.1. The topological polar surface area (TPSA) is 125 Å². The molecule has 1 saturated heterocycles. The Morgan fingerprint density at radius 1 is 1.20 bits per heavy atom. The average molecular weight is 718 g/mol. The fourth-order valence-electron chi connectivity index (χ4n) is 7.84. The summed E-state index contributed by atoms with van der Waals surface area (Å²) in [6.07, 6.45) is 2.55. The highest BCUT2D eigenvalue weighted by atomic mass is 35.5. The molecule has 2 amide bonds. The molecule has 2 aromatic rings. The van der Waals surface area contributed by atoms with E-state index < -0.39 is 68.3 Å². The Morgan fingerprint density at radius 2 is 1.98 bits per heavy atom. The number of halogens is 2. The lowest BCUT2D eigenvalue weighted by atomic mass is 9.70. The fourth-order valence-corrected chi connectivity index (χ4v) is 9.32. The molecule has 266 valence electrons. The number of aryl methyl sites for hydroxylation is 1. The zero-order valence-corrected chi connectivity index (χ0v) is 29.9. The molecule has 13 heteroatoms. The second kappa shape index (κ2) is 13.5. The van der Waals surface area contributed by atoms with Gasteiger partial charge in [-0.25, -0.2) is 17.5 Å². The van der Waals surface area contributed by atoms with Crippen LogP contribution in [0.4, 0.5) is 10.1 Å². The van der Waals surface area contributed by atoms with Crippen LogP contribution in [0.3, 0.4) is 0 Å². The highest BCUT2D eigenvalue weighted by Gasteiger charge is 2.51. The largest absolute Gasteiger partial charge is 0.490 e.